The molecule has 4 heteroatoms. The Morgan fingerprint density at radius 1 is 1.00 bits per heavy atom. The van der Waals surface area contributed by atoms with E-state index in [1.54, 1.807) is 7.11 Å². The molecule has 3 aromatic rings. The summed E-state index contributed by atoms with van der Waals surface area (Å²) in [6.45, 7) is 1.95. The number of anilines is 1. The topological polar surface area (TPSA) is 46.5 Å². The molecule has 0 atom stereocenters. The molecule has 0 amide bonds. The normalized spacial score (nSPS) is 11.5. The van der Waals surface area contributed by atoms with Crippen LogP contribution in [0.3, 0.4) is 0 Å². The number of fused-ring (bicyclic) bond motifs is 1. The van der Waals surface area contributed by atoms with Crippen molar-refractivity contribution < 1.29 is 4.74 Å². The van der Waals surface area contributed by atoms with Gasteiger partial charge < -0.3 is 4.74 Å². The molecule has 0 saturated heterocycles. The summed E-state index contributed by atoms with van der Waals surface area (Å²) in [6, 6.07) is 19.8. The Bertz CT molecular complexity index is 810. The summed E-state index contributed by atoms with van der Waals surface area (Å²) in [5.74, 6) is 1.56. The second-order valence-electron chi connectivity index (χ2n) is 4.93. The SMILES string of the molecule is COc1ccc(/C(C)=N/Nc2ccc3ccccc3n2)cc1. The smallest absolute Gasteiger partial charge is 0.146 e. The number of aromatic nitrogens is 1. The quantitative estimate of drug-likeness (QED) is 0.582. The molecule has 0 unspecified atom stereocenters. The first-order chi connectivity index (χ1) is 10.8. The molecule has 0 aliphatic heterocycles. The van der Waals surface area contributed by atoms with Crippen LogP contribution in [0.25, 0.3) is 10.9 Å². The molecule has 2 aromatic carbocycles. The van der Waals surface area contributed by atoms with E-state index in [-0.39, 0.29) is 0 Å². The van der Waals surface area contributed by atoms with Gasteiger partial charge in [0.1, 0.15) is 11.6 Å². The van der Waals surface area contributed by atoms with Gasteiger partial charge in [0.05, 0.1) is 18.3 Å². The maximum Gasteiger partial charge on any atom is 0.146 e. The Hall–Kier alpha value is -2.88. The molecule has 4 nitrogen and oxygen atoms in total. The van der Waals surface area contributed by atoms with Crippen LogP contribution in [0.4, 0.5) is 5.82 Å². The molecule has 1 N–H and O–H groups in total. The maximum atomic E-state index is 5.15. The minimum absolute atomic E-state index is 0.728. The highest BCUT2D eigenvalue weighted by molar-refractivity contribution is 5.99. The molecule has 0 fully saturated rings. The van der Waals surface area contributed by atoms with Gasteiger partial charge in [0.15, 0.2) is 0 Å². The summed E-state index contributed by atoms with van der Waals surface area (Å²) in [5.41, 5.74) is 5.88. The molecule has 0 bridgehead atoms. The Morgan fingerprint density at radius 3 is 2.55 bits per heavy atom. The fraction of sp³-hybridized carbons (Fsp3) is 0.111. The molecule has 0 aliphatic rings. The van der Waals surface area contributed by atoms with Crippen molar-refractivity contribution in [3.63, 3.8) is 0 Å². The van der Waals surface area contributed by atoms with Crippen LogP contribution in [0.1, 0.15) is 12.5 Å². The predicted molar refractivity (Wildman–Crippen MR) is 90.6 cm³/mol. The van der Waals surface area contributed by atoms with E-state index in [1.165, 1.54) is 0 Å². The molecule has 22 heavy (non-hydrogen) atoms. The lowest BCUT2D eigenvalue weighted by molar-refractivity contribution is 0.415. The summed E-state index contributed by atoms with van der Waals surface area (Å²) in [5, 5.41) is 5.51. The fourth-order valence-electron chi connectivity index (χ4n) is 2.17. The largest absolute Gasteiger partial charge is 0.497 e. The van der Waals surface area contributed by atoms with Crippen molar-refractivity contribution in [2.24, 2.45) is 5.10 Å². The van der Waals surface area contributed by atoms with Crippen molar-refractivity contribution in [2.45, 2.75) is 6.92 Å². The van der Waals surface area contributed by atoms with Gasteiger partial charge in [-0.15, -0.1) is 0 Å². The second-order valence-corrected chi connectivity index (χ2v) is 4.93. The van der Waals surface area contributed by atoms with E-state index in [0.717, 1.165) is 33.7 Å². The molecular weight excluding hydrogens is 274 g/mol. The second kappa shape index (κ2) is 6.26. The first-order valence-corrected chi connectivity index (χ1v) is 7.07. The van der Waals surface area contributed by atoms with Crippen LogP contribution in [-0.4, -0.2) is 17.8 Å². The fourth-order valence-corrected chi connectivity index (χ4v) is 2.17. The molecule has 0 aliphatic carbocycles. The average molecular weight is 291 g/mol. The van der Waals surface area contributed by atoms with E-state index in [1.807, 2.05) is 67.6 Å². The number of rotatable bonds is 4. The third kappa shape index (κ3) is 3.06. The lowest BCUT2D eigenvalue weighted by Gasteiger charge is -2.05. The maximum absolute atomic E-state index is 5.15. The zero-order chi connectivity index (χ0) is 15.4. The number of nitrogens with one attached hydrogen (secondary N) is 1. The summed E-state index contributed by atoms with van der Waals surface area (Å²) < 4.78 is 5.15. The lowest BCUT2D eigenvalue weighted by atomic mass is 10.1. The first-order valence-electron chi connectivity index (χ1n) is 7.07. The van der Waals surface area contributed by atoms with Crippen molar-refractivity contribution in [1.29, 1.82) is 0 Å². The molecule has 1 aromatic heterocycles. The van der Waals surface area contributed by atoms with Crippen LogP contribution in [0.5, 0.6) is 5.75 Å². The Morgan fingerprint density at radius 2 is 1.77 bits per heavy atom. The van der Waals surface area contributed by atoms with Crippen molar-refractivity contribution in [1.82, 2.24) is 4.98 Å². The van der Waals surface area contributed by atoms with Crippen LogP contribution in [-0.2, 0) is 0 Å². The van der Waals surface area contributed by atoms with Crippen molar-refractivity contribution in [3.05, 3.63) is 66.2 Å². The van der Waals surface area contributed by atoms with Crippen molar-refractivity contribution in [3.8, 4) is 5.75 Å². The molecule has 3 rings (SSSR count). The number of nitrogens with zero attached hydrogens (tertiary/aromatic N) is 2. The highest BCUT2D eigenvalue weighted by Gasteiger charge is 2.00. The Balaban J connectivity index is 1.78. The van der Waals surface area contributed by atoms with Gasteiger partial charge >= 0.3 is 0 Å². The monoisotopic (exact) mass is 291 g/mol. The average Bonchev–Trinajstić information content (AvgIpc) is 2.59. The van der Waals surface area contributed by atoms with Crippen LogP contribution in [0.2, 0.25) is 0 Å². The van der Waals surface area contributed by atoms with E-state index in [4.69, 9.17) is 4.74 Å². The van der Waals surface area contributed by atoms with Gasteiger partial charge in [-0.05, 0) is 55.0 Å². The summed E-state index contributed by atoms with van der Waals surface area (Å²) in [4.78, 5) is 4.53. The Kier molecular flexibility index (Phi) is 4.01. The van der Waals surface area contributed by atoms with E-state index in [0.29, 0.717) is 0 Å². The van der Waals surface area contributed by atoms with E-state index in [2.05, 4.69) is 15.5 Å². The zero-order valence-electron chi connectivity index (χ0n) is 12.6. The van der Waals surface area contributed by atoms with Gasteiger partial charge in [0, 0.05) is 5.39 Å². The van der Waals surface area contributed by atoms with Crippen LogP contribution < -0.4 is 10.2 Å². The molecule has 0 radical (unpaired) electrons. The third-order valence-corrected chi connectivity index (χ3v) is 3.44. The van der Waals surface area contributed by atoms with Gasteiger partial charge in [0.2, 0.25) is 0 Å². The van der Waals surface area contributed by atoms with Gasteiger partial charge in [-0.3, -0.25) is 5.43 Å². The van der Waals surface area contributed by atoms with Gasteiger partial charge in [-0.1, -0.05) is 18.2 Å². The van der Waals surface area contributed by atoms with Gasteiger partial charge in [-0.25, -0.2) is 4.98 Å². The number of benzene rings is 2. The minimum Gasteiger partial charge on any atom is -0.497 e. The van der Waals surface area contributed by atoms with E-state index >= 15 is 0 Å². The molecule has 0 saturated carbocycles. The van der Waals surface area contributed by atoms with Crippen molar-refractivity contribution >= 4 is 22.4 Å². The number of methoxy groups -OCH3 is 1. The van der Waals surface area contributed by atoms with Crippen LogP contribution in [0, 0.1) is 0 Å². The minimum atomic E-state index is 0.728. The third-order valence-electron chi connectivity index (χ3n) is 3.44. The zero-order valence-corrected chi connectivity index (χ0v) is 12.6. The molecule has 110 valence electrons. The summed E-state index contributed by atoms with van der Waals surface area (Å²) in [6.07, 6.45) is 0. The standard InChI is InChI=1S/C18H17N3O/c1-13(14-7-10-16(22-2)11-8-14)20-21-18-12-9-15-5-3-4-6-17(15)19-18/h3-12H,1-2H3,(H,19,21)/b20-13+. The summed E-state index contributed by atoms with van der Waals surface area (Å²) >= 11 is 0. The number of hydrogen-bond donors (Lipinski definition) is 1. The number of pyridine rings is 1. The number of ether oxygens (including phenoxy) is 1. The van der Waals surface area contributed by atoms with Gasteiger partial charge in [-0.2, -0.15) is 5.10 Å². The number of para-hydroxylation sites is 1. The summed E-state index contributed by atoms with van der Waals surface area (Å²) in [7, 11) is 1.66. The van der Waals surface area contributed by atoms with Crippen molar-refractivity contribution in [2.75, 3.05) is 12.5 Å². The van der Waals surface area contributed by atoms with E-state index in [9.17, 15) is 0 Å². The van der Waals surface area contributed by atoms with E-state index < -0.39 is 0 Å². The lowest BCUT2D eigenvalue weighted by Crippen LogP contribution is -2.00. The first kappa shape index (κ1) is 14.1. The molecular formula is C18H17N3O. The van der Waals surface area contributed by atoms with Crippen LogP contribution >= 0.6 is 0 Å². The molecule has 0 spiro atoms. The molecule has 1 heterocycles. The number of hydrogen-bond acceptors (Lipinski definition) is 4. The number of hydrazone groups is 1. The highest BCUT2D eigenvalue weighted by Crippen LogP contribution is 2.15. The highest BCUT2D eigenvalue weighted by atomic mass is 16.5. The van der Waals surface area contributed by atoms with Crippen LogP contribution in [0.15, 0.2) is 65.8 Å². The Labute approximate surface area is 129 Å². The predicted octanol–water partition coefficient (Wildman–Crippen LogP) is 4.08. The van der Waals surface area contributed by atoms with Gasteiger partial charge in [0.25, 0.3) is 0 Å².